The van der Waals surface area contributed by atoms with Gasteiger partial charge in [0.15, 0.2) is 0 Å². The van der Waals surface area contributed by atoms with Gasteiger partial charge < -0.3 is 4.74 Å². The minimum atomic E-state index is -4.31. The topological polar surface area (TPSA) is 26.3 Å². The quantitative estimate of drug-likeness (QED) is 0.393. The van der Waals surface area contributed by atoms with Crippen molar-refractivity contribution in [2.75, 3.05) is 0 Å². The summed E-state index contributed by atoms with van der Waals surface area (Å²) in [5, 5.41) is 0. The Balaban J connectivity index is 1.31. The van der Waals surface area contributed by atoms with Crippen LogP contribution in [0.15, 0.2) is 35.1 Å². The van der Waals surface area contributed by atoms with Crippen LogP contribution in [0.5, 0.6) is 0 Å². The lowest BCUT2D eigenvalue weighted by Gasteiger charge is -2.56. The first-order valence-corrected chi connectivity index (χ1v) is 10.4. The zero-order valence-electron chi connectivity index (χ0n) is 16.6. The van der Waals surface area contributed by atoms with Crippen LogP contribution in [0.25, 0.3) is 0 Å². The molecule has 5 rings (SSSR count). The average Bonchev–Trinajstić information content (AvgIpc) is 2.92. The van der Waals surface area contributed by atoms with Crippen molar-refractivity contribution in [2.24, 2.45) is 29.1 Å². The van der Waals surface area contributed by atoms with Crippen molar-refractivity contribution in [2.45, 2.75) is 71.4 Å². The third-order valence-electron chi connectivity index (χ3n) is 7.29. The van der Waals surface area contributed by atoms with Gasteiger partial charge in [-0.15, -0.1) is 0 Å². The fourth-order valence-corrected chi connectivity index (χ4v) is 6.56. The van der Waals surface area contributed by atoms with Gasteiger partial charge in [0.2, 0.25) is 0 Å². The van der Waals surface area contributed by atoms with Crippen molar-refractivity contribution in [3.8, 4) is 0 Å². The molecular formula is C23H29F3O2. The highest BCUT2D eigenvalue weighted by atomic mass is 19.4. The van der Waals surface area contributed by atoms with E-state index in [-0.39, 0.29) is 17.3 Å². The molecule has 0 N–H and O–H groups in total. The lowest BCUT2D eigenvalue weighted by Crippen LogP contribution is -2.46. The van der Waals surface area contributed by atoms with E-state index in [0.29, 0.717) is 18.4 Å². The number of alkyl halides is 3. The molecule has 0 radical (unpaired) electrons. The molecule has 5 heteroatoms. The minimum Gasteiger partial charge on any atom is -0.435 e. The van der Waals surface area contributed by atoms with E-state index in [9.17, 15) is 18.0 Å². The Morgan fingerprint density at radius 2 is 1.75 bits per heavy atom. The molecular weight excluding hydrogens is 365 g/mol. The zero-order chi connectivity index (χ0) is 20.1. The van der Waals surface area contributed by atoms with Gasteiger partial charge >= 0.3 is 12.1 Å². The molecule has 0 heterocycles. The van der Waals surface area contributed by atoms with Crippen LogP contribution >= 0.6 is 0 Å². The maximum absolute atomic E-state index is 12.9. The Labute approximate surface area is 164 Å². The van der Waals surface area contributed by atoms with Gasteiger partial charge in [0.1, 0.15) is 0 Å². The lowest BCUT2D eigenvalue weighted by molar-refractivity contribution is -0.146. The molecule has 1 unspecified atom stereocenters. The molecule has 154 valence electrons. The summed E-state index contributed by atoms with van der Waals surface area (Å²) in [6.07, 6.45) is 8.05. The molecule has 0 aromatic heterocycles. The third kappa shape index (κ3) is 4.08. The number of hydrogen-bond donors (Lipinski definition) is 0. The third-order valence-corrected chi connectivity index (χ3v) is 7.29. The Bertz CT molecular complexity index is 706. The van der Waals surface area contributed by atoms with Crippen LogP contribution in [-0.4, -0.2) is 12.1 Å². The van der Waals surface area contributed by atoms with Crippen molar-refractivity contribution in [1.82, 2.24) is 0 Å². The lowest BCUT2D eigenvalue weighted by atomic mass is 9.49. The highest BCUT2D eigenvalue weighted by Gasteiger charge is 2.51. The SMILES string of the molecule is CC1=CC(C(F)(F)F)=CC1C/C(C)=C/OC(=O)CC12CC3CC(CC(C3)C1)C2. The molecule has 4 fully saturated rings. The summed E-state index contributed by atoms with van der Waals surface area (Å²) in [4.78, 5) is 12.5. The molecule has 1 atom stereocenters. The second-order valence-electron chi connectivity index (χ2n) is 9.87. The van der Waals surface area contributed by atoms with Crippen molar-refractivity contribution in [3.05, 3.63) is 35.1 Å². The van der Waals surface area contributed by atoms with Crippen LogP contribution in [-0.2, 0) is 9.53 Å². The Morgan fingerprint density at radius 1 is 1.18 bits per heavy atom. The van der Waals surface area contributed by atoms with Gasteiger partial charge in [-0.1, -0.05) is 17.7 Å². The van der Waals surface area contributed by atoms with E-state index in [1.165, 1.54) is 37.7 Å². The molecule has 4 bridgehead atoms. The fourth-order valence-electron chi connectivity index (χ4n) is 6.56. The molecule has 0 amide bonds. The molecule has 28 heavy (non-hydrogen) atoms. The molecule has 0 saturated heterocycles. The maximum atomic E-state index is 12.9. The number of carbonyl (C=O) groups excluding carboxylic acids is 1. The number of esters is 1. The summed E-state index contributed by atoms with van der Waals surface area (Å²) in [6, 6.07) is 0. The van der Waals surface area contributed by atoms with E-state index in [2.05, 4.69) is 0 Å². The number of allylic oxidation sites excluding steroid dienone is 5. The van der Waals surface area contributed by atoms with E-state index in [0.717, 1.165) is 42.6 Å². The van der Waals surface area contributed by atoms with Crippen LogP contribution in [0.1, 0.15) is 65.2 Å². The highest BCUT2D eigenvalue weighted by molar-refractivity contribution is 5.71. The molecule has 0 spiro atoms. The molecule has 5 aliphatic rings. The van der Waals surface area contributed by atoms with Gasteiger partial charge in [-0.25, -0.2) is 0 Å². The number of hydrogen-bond acceptors (Lipinski definition) is 2. The van der Waals surface area contributed by atoms with Crippen LogP contribution in [0.3, 0.4) is 0 Å². The maximum Gasteiger partial charge on any atom is 0.416 e. The van der Waals surface area contributed by atoms with Crippen LogP contribution in [0, 0.1) is 29.1 Å². The Kier molecular flexibility index (Phi) is 4.99. The van der Waals surface area contributed by atoms with Crippen molar-refractivity contribution in [3.63, 3.8) is 0 Å². The standard InChI is InChI=1S/C23H29F3O2/c1-14(3-19-8-20(4-15(19)2)23(24,25)26)13-28-21(27)12-22-9-16-5-17(10-22)7-18(6-16)11-22/h4,8,13,16-19H,3,5-7,9-12H2,1-2H3/b14-13+. The normalized spacial score (nSPS) is 37.1. The Morgan fingerprint density at radius 3 is 2.25 bits per heavy atom. The predicted octanol–water partition coefficient (Wildman–Crippen LogP) is 6.49. The molecule has 2 nitrogen and oxygen atoms in total. The van der Waals surface area contributed by atoms with E-state index in [1.54, 1.807) is 6.92 Å². The van der Waals surface area contributed by atoms with Crippen molar-refractivity contribution >= 4 is 5.97 Å². The second kappa shape index (κ2) is 7.07. The number of rotatable bonds is 5. The summed E-state index contributed by atoms with van der Waals surface area (Å²) in [6.45, 7) is 3.52. The van der Waals surface area contributed by atoms with Crippen LogP contribution in [0.4, 0.5) is 13.2 Å². The van der Waals surface area contributed by atoms with Crippen molar-refractivity contribution in [1.29, 1.82) is 0 Å². The summed E-state index contributed by atoms with van der Waals surface area (Å²) < 4.78 is 44.0. The molecule has 0 aliphatic heterocycles. The number of carbonyl (C=O) groups is 1. The van der Waals surface area contributed by atoms with Gasteiger partial charge in [-0.3, -0.25) is 4.79 Å². The molecule has 0 aromatic carbocycles. The summed E-state index contributed by atoms with van der Waals surface area (Å²) in [5.41, 5.74) is 1.04. The Hall–Kier alpha value is -1.52. The first-order valence-electron chi connectivity index (χ1n) is 10.4. The van der Waals surface area contributed by atoms with E-state index in [4.69, 9.17) is 4.74 Å². The highest BCUT2D eigenvalue weighted by Crippen LogP contribution is 2.61. The summed E-state index contributed by atoms with van der Waals surface area (Å²) in [5.74, 6) is 1.91. The molecule has 4 saturated carbocycles. The first kappa shape index (κ1) is 19.8. The first-order chi connectivity index (χ1) is 13.1. The van der Waals surface area contributed by atoms with Crippen molar-refractivity contribution < 1.29 is 22.7 Å². The van der Waals surface area contributed by atoms with E-state index < -0.39 is 11.7 Å². The van der Waals surface area contributed by atoms with Crippen LogP contribution in [0.2, 0.25) is 0 Å². The van der Waals surface area contributed by atoms with Gasteiger partial charge in [-0.2, -0.15) is 13.2 Å². The van der Waals surface area contributed by atoms with Crippen LogP contribution < -0.4 is 0 Å². The predicted molar refractivity (Wildman–Crippen MR) is 101 cm³/mol. The molecule has 5 aliphatic carbocycles. The zero-order valence-corrected chi connectivity index (χ0v) is 16.6. The minimum absolute atomic E-state index is 0.142. The summed E-state index contributed by atoms with van der Waals surface area (Å²) >= 11 is 0. The smallest absolute Gasteiger partial charge is 0.416 e. The monoisotopic (exact) mass is 394 g/mol. The number of ether oxygens (including phenoxy) is 1. The molecule has 0 aromatic rings. The largest absolute Gasteiger partial charge is 0.435 e. The van der Waals surface area contributed by atoms with E-state index >= 15 is 0 Å². The fraction of sp³-hybridized carbons (Fsp3) is 0.696. The van der Waals surface area contributed by atoms with Gasteiger partial charge in [0, 0.05) is 5.92 Å². The number of halogens is 3. The van der Waals surface area contributed by atoms with E-state index in [1.807, 2.05) is 6.92 Å². The summed E-state index contributed by atoms with van der Waals surface area (Å²) in [7, 11) is 0. The van der Waals surface area contributed by atoms with Gasteiger partial charge in [0.25, 0.3) is 0 Å². The van der Waals surface area contributed by atoms with Gasteiger partial charge in [-0.05, 0) is 87.5 Å². The average molecular weight is 394 g/mol. The van der Waals surface area contributed by atoms with Gasteiger partial charge in [0.05, 0.1) is 18.3 Å². The second-order valence-corrected chi connectivity index (χ2v) is 9.87.